The molecule has 106 valence electrons. The Morgan fingerprint density at radius 2 is 2.11 bits per heavy atom. The van der Waals surface area contributed by atoms with Crippen molar-refractivity contribution in [2.75, 3.05) is 13.7 Å². The van der Waals surface area contributed by atoms with E-state index in [4.69, 9.17) is 9.84 Å². The Labute approximate surface area is 111 Å². The highest BCUT2D eigenvalue weighted by atomic mass is 19.1. The van der Waals surface area contributed by atoms with Crippen LogP contribution >= 0.6 is 0 Å². The fraction of sp³-hybridized carbons (Fsp3) is 0.462. The van der Waals surface area contributed by atoms with Gasteiger partial charge in [0.25, 0.3) is 0 Å². The van der Waals surface area contributed by atoms with Gasteiger partial charge in [0, 0.05) is 0 Å². The van der Waals surface area contributed by atoms with Gasteiger partial charge in [-0.15, -0.1) is 0 Å². The molecule has 2 amide bonds. The number of ether oxygens (including phenoxy) is 1. The van der Waals surface area contributed by atoms with Crippen molar-refractivity contribution in [2.24, 2.45) is 0 Å². The van der Waals surface area contributed by atoms with Gasteiger partial charge >= 0.3 is 6.03 Å². The summed E-state index contributed by atoms with van der Waals surface area (Å²) in [4.78, 5) is 11.6. The number of rotatable bonds is 5. The lowest BCUT2D eigenvalue weighted by Crippen LogP contribution is -2.43. The molecule has 3 N–H and O–H groups in total. The van der Waals surface area contributed by atoms with E-state index in [1.807, 2.05) is 0 Å². The molecule has 0 bridgehead atoms. The Bertz CT molecular complexity index is 440. The van der Waals surface area contributed by atoms with E-state index in [0.717, 1.165) is 0 Å². The average molecular weight is 270 g/mol. The predicted molar refractivity (Wildman–Crippen MR) is 69.6 cm³/mol. The Balaban J connectivity index is 2.65. The number of benzene rings is 1. The normalized spacial score (nSPS) is 13.5. The highest BCUT2D eigenvalue weighted by molar-refractivity contribution is 5.74. The minimum Gasteiger partial charge on any atom is -0.494 e. The summed E-state index contributed by atoms with van der Waals surface area (Å²) in [6, 6.07) is 3.41. The second-order valence-electron chi connectivity index (χ2n) is 4.32. The lowest BCUT2D eigenvalue weighted by Gasteiger charge is -2.17. The van der Waals surface area contributed by atoms with Crippen LogP contribution < -0.4 is 15.4 Å². The third-order valence-corrected chi connectivity index (χ3v) is 2.67. The summed E-state index contributed by atoms with van der Waals surface area (Å²) < 4.78 is 18.4. The van der Waals surface area contributed by atoms with Crippen LogP contribution in [0.25, 0.3) is 0 Å². The maximum absolute atomic E-state index is 13.5. The molecule has 2 atom stereocenters. The van der Waals surface area contributed by atoms with E-state index in [2.05, 4.69) is 10.6 Å². The molecule has 0 radical (unpaired) electrons. The van der Waals surface area contributed by atoms with Crippen LogP contribution in [0.5, 0.6) is 5.75 Å². The monoisotopic (exact) mass is 270 g/mol. The third kappa shape index (κ3) is 4.40. The summed E-state index contributed by atoms with van der Waals surface area (Å²) in [5, 5.41) is 14.0. The van der Waals surface area contributed by atoms with Crippen LogP contribution in [0.1, 0.15) is 25.5 Å². The van der Waals surface area contributed by atoms with E-state index < -0.39 is 11.8 Å². The molecule has 0 saturated heterocycles. The van der Waals surface area contributed by atoms with Gasteiger partial charge < -0.3 is 20.5 Å². The van der Waals surface area contributed by atoms with Gasteiger partial charge in [-0.1, -0.05) is 6.07 Å². The van der Waals surface area contributed by atoms with Crippen LogP contribution in [0.15, 0.2) is 18.2 Å². The minimum absolute atomic E-state index is 0.140. The zero-order valence-electron chi connectivity index (χ0n) is 11.2. The maximum atomic E-state index is 13.5. The van der Waals surface area contributed by atoms with Gasteiger partial charge in [0.1, 0.15) is 0 Å². The number of hydrogen-bond acceptors (Lipinski definition) is 3. The molecule has 2 unspecified atom stereocenters. The molecule has 1 rings (SSSR count). The first kappa shape index (κ1) is 15.2. The molecule has 0 aliphatic carbocycles. The number of aliphatic hydroxyl groups is 1. The second kappa shape index (κ2) is 6.94. The smallest absolute Gasteiger partial charge is 0.315 e. The van der Waals surface area contributed by atoms with Crippen LogP contribution in [0.3, 0.4) is 0 Å². The standard InChI is InChI=1S/C13H19FN2O3/c1-8(7-17)15-13(18)16-9(2)10-4-5-12(19-3)11(14)6-10/h4-6,8-9,17H,7H2,1-3H3,(H2,15,16,18). The van der Waals surface area contributed by atoms with Gasteiger partial charge in [-0.2, -0.15) is 0 Å². The molecule has 0 aromatic heterocycles. The minimum atomic E-state index is -0.474. The van der Waals surface area contributed by atoms with Gasteiger partial charge in [-0.3, -0.25) is 0 Å². The van der Waals surface area contributed by atoms with Gasteiger partial charge in [0.15, 0.2) is 11.6 Å². The fourth-order valence-electron chi connectivity index (χ4n) is 1.54. The molecule has 0 spiro atoms. The molecule has 0 saturated carbocycles. The first-order valence-electron chi connectivity index (χ1n) is 5.99. The number of halogens is 1. The Morgan fingerprint density at radius 1 is 1.42 bits per heavy atom. The first-order chi connectivity index (χ1) is 8.97. The van der Waals surface area contributed by atoms with Gasteiger partial charge in [0.05, 0.1) is 25.8 Å². The van der Waals surface area contributed by atoms with Gasteiger partial charge in [-0.25, -0.2) is 9.18 Å². The van der Waals surface area contributed by atoms with Crippen LogP contribution in [0.2, 0.25) is 0 Å². The molecule has 19 heavy (non-hydrogen) atoms. The number of nitrogens with one attached hydrogen (secondary N) is 2. The predicted octanol–water partition coefficient (Wildman–Crippen LogP) is 1.58. The van der Waals surface area contributed by atoms with E-state index in [0.29, 0.717) is 5.56 Å². The van der Waals surface area contributed by atoms with E-state index in [1.54, 1.807) is 19.9 Å². The summed E-state index contributed by atoms with van der Waals surface area (Å²) in [5.41, 5.74) is 0.630. The number of carbonyl (C=O) groups is 1. The molecule has 0 aliphatic heterocycles. The van der Waals surface area contributed by atoms with Crippen molar-refractivity contribution in [1.29, 1.82) is 0 Å². The largest absolute Gasteiger partial charge is 0.494 e. The molecule has 1 aromatic carbocycles. The summed E-state index contributed by atoms with van der Waals surface area (Å²) >= 11 is 0. The van der Waals surface area contributed by atoms with Crippen molar-refractivity contribution in [2.45, 2.75) is 25.9 Å². The number of amides is 2. The zero-order chi connectivity index (χ0) is 14.4. The number of methoxy groups -OCH3 is 1. The van der Waals surface area contributed by atoms with Crippen LogP contribution in [-0.4, -0.2) is 30.9 Å². The van der Waals surface area contributed by atoms with E-state index in [-0.39, 0.29) is 24.4 Å². The molecule has 0 fully saturated rings. The molecule has 5 nitrogen and oxygen atoms in total. The van der Waals surface area contributed by atoms with E-state index in [9.17, 15) is 9.18 Å². The average Bonchev–Trinajstić information content (AvgIpc) is 2.38. The number of hydrogen-bond donors (Lipinski definition) is 3. The van der Waals surface area contributed by atoms with Gasteiger partial charge in [0.2, 0.25) is 0 Å². The van der Waals surface area contributed by atoms with Crippen molar-refractivity contribution in [1.82, 2.24) is 10.6 Å². The van der Waals surface area contributed by atoms with Crippen LogP contribution in [-0.2, 0) is 0 Å². The lowest BCUT2D eigenvalue weighted by atomic mass is 10.1. The summed E-state index contributed by atoms with van der Waals surface area (Å²) in [5.74, 6) is -0.313. The fourth-order valence-corrected chi connectivity index (χ4v) is 1.54. The Kier molecular flexibility index (Phi) is 5.57. The summed E-state index contributed by atoms with van der Waals surface area (Å²) in [6.45, 7) is 3.28. The lowest BCUT2D eigenvalue weighted by molar-refractivity contribution is 0.218. The molecular weight excluding hydrogens is 251 g/mol. The summed E-state index contributed by atoms with van der Waals surface area (Å²) in [7, 11) is 1.39. The number of carbonyl (C=O) groups excluding carboxylic acids is 1. The SMILES string of the molecule is COc1ccc(C(C)NC(=O)NC(C)CO)cc1F. The maximum Gasteiger partial charge on any atom is 0.315 e. The first-order valence-corrected chi connectivity index (χ1v) is 5.99. The Morgan fingerprint density at radius 3 is 2.63 bits per heavy atom. The van der Waals surface area contributed by atoms with Crippen molar-refractivity contribution in [3.63, 3.8) is 0 Å². The van der Waals surface area contributed by atoms with E-state index in [1.165, 1.54) is 19.2 Å². The highest BCUT2D eigenvalue weighted by Crippen LogP contribution is 2.21. The molecule has 6 heteroatoms. The highest BCUT2D eigenvalue weighted by Gasteiger charge is 2.13. The van der Waals surface area contributed by atoms with Crippen molar-refractivity contribution >= 4 is 6.03 Å². The quantitative estimate of drug-likeness (QED) is 0.760. The molecule has 0 aliphatic rings. The number of urea groups is 1. The molecular formula is C13H19FN2O3. The third-order valence-electron chi connectivity index (χ3n) is 2.67. The Hall–Kier alpha value is -1.82. The topological polar surface area (TPSA) is 70.6 Å². The number of aliphatic hydroxyl groups excluding tert-OH is 1. The van der Waals surface area contributed by atoms with Crippen molar-refractivity contribution < 1.29 is 19.0 Å². The summed E-state index contributed by atoms with van der Waals surface area (Å²) in [6.07, 6.45) is 0. The van der Waals surface area contributed by atoms with Gasteiger partial charge in [-0.05, 0) is 31.5 Å². The molecule has 0 heterocycles. The van der Waals surface area contributed by atoms with E-state index >= 15 is 0 Å². The molecule has 1 aromatic rings. The zero-order valence-corrected chi connectivity index (χ0v) is 11.2. The van der Waals surface area contributed by atoms with Crippen molar-refractivity contribution in [3.05, 3.63) is 29.6 Å². The second-order valence-corrected chi connectivity index (χ2v) is 4.32. The van der Waals surface area contributed by atoms with Crippen LogP contribution in [0.4, 0.5) is 9.18 Å². The van der Waals surface area contributed by atoms with Crippen LogP contribution in [0, 0.1) is 5.82 Å². The van der Waals surface area contributed by atoms with Crippen molar-refractivity contribution in [3.8, 4) is 5.75 Å².